The van der Waals surface area contributed by atoms with Gasteiger partial charge in [0.1, 0.15) is 11.5 Å². The number of esters is 1. The number of nitrogens with zero attached hydrogens (tertiary/aromatic N) is 1. The van der Waals surface area contributed by atoms with Crippen molar-refractivity contribution in [3.05, 3.63) is 75.2 Å². The second-order valence-electron chi connectivity index (χ2n) is 8.25. The summed E-state index contributed by atoms with van der Waals surface area (Å²) in [6.07, 6.45) is 0.329. The zero-order valence-corrected chi connectivity index (χ0v) is 21.0. The molecule has 36 heavy (non-hydrogen) atoms. The fourth-order valence-electron chi connectivity index (χ4n) is 4.22. The molecule has 3 aromatic rings. The lowest BCUT2D eigenvalue weighted by Gasteiger charge is -2.22. The molecule has 1 unspecified atom stereocenters. The molecule has 1 aromatic heterocycles. The van der Waals surface area contributed by atoms with Gasteiger partial charge >= 0.3 is 5.97 Å². The zero-order chi connectivity index (χ0) is 26.4. The van der Waals surface area contributed by atoms with Crippen LogP contribution in [0.1, 0.15) is 34.7 Å². The van der Waals surface area contributed by atoms with Crippen molar-refractivity contribution < 1.29 is 34.0 Å². The number of phenols is 1. The molecule has 2 aromatic carbocycles. The molecule has 192 valence electrons. The van der Waals surface area contributed by atoms with Crippen molar-refractivity contribution in [1.82, 2.24) is 4.57 Å². The van der Waals surface area contributed by atoms with Crippen LogP contribution in [0.4, 0.5) is 0 Å². The molecule has 0 bridgehead atoms. The number of rotatable bonds is 10. The van der Waals surface area contributed by atoms with Crippen LogP contribution < -0.4 is 19.8 Å². The largest absolute Gasteiger partial charge is 0.508 e. The number of benzene rings is 2. The molecule has 0 aliphatic carbocycles. The average molecular weight is 498 g/mol. The average Bonchev–Trinajstić information content (AvgIpc) is 2.87. The van der Waals surface area contributed by atoms with Gasteiger partial charge in [0, 0.05) is 18.2 Å². The van der Waals surface area contributed by atoms with Crippen LogP contribution in [0.5, 0.6) is 28.7 Å². The first kappa shape index (κ1) is 26.5. The third kappa shape index (κ3) is 5.56. The second kappa shape index (κ2) is 11.5. The van der Waals surface area contributed by atoms with Crippen molar-refractivity contribution in [2.75, 3.05) is 28.4 Å². The van der Waals surface area contributed by atoms with Gasteiger partial charge in [-0.15, -0.1) is 0 Å². The van der Waals surface area contributed by atoms with Crippen molar-refractivity contribution in [2.45, 2.75) is 32.2 Å². The molecule has 1 heterocycles. The lowest BCUT2D eigenvalue weighted by molar-refractivity contribution is -0.140. The predicted octanol–water partition coefficient (Wildman–Crippen LogP) is 3.53. The Balaban J connectivity index is 2.14. The highest BCUT2D eigenvalue weighted by atomic mass is 16.5. The van der Waals surface area contributed by atoms with Crippen LogP contribution in [-0.2, 0) is 22.5 Å². The number of hydrogen-bond donors (Lipinski definition) is 2. The van der Waals surface area contributed by atoms with E-state index in [-0.39, 0.29) is 23.5 Å². The Morgan fingerprint density at radius 3 is 2.08 bits per heavy atom. The van der Waals surface area contributed by atoms with Crippen LogP contribution in [0.2, 0.25) is 0 Å². The number of phenolic OH excluding ortho intramolecular Hbond substituents is 1. The minimum Gasteiger partial charge on any atom is -0.508 e. The maximum Gasteiger partial charge on any atom is 0.306 e. The smallest absolute Gasteiger partial charge is 0.306 e. The summed E-state index contributed by atoms with van der Waals surface area (Å²) < 4.78 is 22.7. The van der Waals surface area contributed by atoms with E-state index >= 15 is 0 Å². The summed E-state index contributed by atoms with van der Waals surface area (Å²) in [4.78, 5) is 26.1. The van der Waals surface area contributed by atoms with E-state index < -0.39 is 17.4 Å². The number of aromatic hydroxyl groups is 2. The maximum atomic E-state index is 13.7. The summed E-state index contributed by atoms with van der Waals surface area (Å²) in [5, 5.41) is 20.4. The van der Waals surface area contributed by atoms with Gasteiger partial charge in [0.15, 0.2) is 11.5 Å². The zero-order valence-electron chi connectivity index (χ0n) is 21.0. The van der Waals surface area contributed by atoms with Crippen molar-refractivity contribution in [1.29, 1.82) is 0 Å². The van der Waals surface area contributed by atoms with Gasteiger partial charge in [-0.25, -0.2) is 0 Å². The molecule has 0 radical (unpaired) electrons. The van der Waals surface area contributed by atoms with Crippen LogP contribution >= 0.6 is 0 Å². The van der Waals surface area contributed by atoms with E-state index in [1.54, 1.807) is 47.9 Å². The molecular weight excluding hydrogens is 466 g/mol. The molecule has 0 aliphatic heterocycles. The number of aryl methyl sites for hydroxylation is 2. The lowest BCUT2D eigenvalue weighted by Crippen LogP contribution is -2.29. The summed E-state index contributed by atoms with van der Waals surface area (Å²) in [6.45, 7) is 2.07. The van der Waals surface area contributed by atoms with E-state index in [4.69, 9.17) is 18.9 Å². The topological polar surface area (TPSA) is 116 Å². The minimum absolute atomic E-state index is 0.0611. The van der Waals surface area contributed by atoms with Crippen molar-refractivity contribution in [3.8, 4) is 28.7 Å². The normalized spacial score (nSPS) is 11.6. The Morgan fingerprint density at radius 2 is 1.56 bits per heavy atom. The highest BCUT2D eigenvalue weighted by molar-refractivity contribution is 5.72. The molecule has 0 saturated heterocycles. The Morgan fingerprint density at radius 1 is 0.944 bits per heavy atom. The van der Waals surface area contributed by atoms with Crippen LogP contribution in [0, 0.1) is 6.92 Å². The van der Waals surface area contributed by atoms with Crippen LogP contribution in [0.3, 0.4) is 0 Å². The molecular formula is C27H31NO8. The van der Waals surface area contributed by atoms with Gasteiger partial charge in [0.05, 0.1) is 40.4 Å². The van der Waals surface area contributed by atoms with E-state index in [1.165, 1.54) is 34.5 Å². The number of pyridine rings is 1. The number of ether oxygens (including phenoxy) is 4. The van der Waals surface area contributed by atoms with Crippen LogP contribution in [0.25, 0.3) is 0 Å². The van der Waals surface area contributed by atoms with Crippen molar-refractivity contribution in [3.63, 3.8) is 0 Å². The summed E-state index contributed by atoms with van der Waals surface area (Å²) in [5.74, 6) is -0.402. The molecule has 2 N–H and O–H groups in total. The van der Waals surface area contributed by atoms with Crippen molar-refractivity contribution in [2.24, 2.45) is 0 Å². The number of hydrogen-bond acceptors (Lipinski definition) is 8. The van der Waals surface area contributed by atoms with E-state index in [1.807, 2.05) is 0 Å². The van der Waals surface area contributed by atoms with E-state index in [2.05, 4.69) is 0 Å². The Labute approximate surface area is 209 Å². The fraction of sp³-hybridized carbons (Fsp3) is 0.333. The number of carbonyl (C=O) groups excluding carboxylic acids is 1. The Bertz CT molecular complexity index is 1260. The van der Waals surface area contributed by atoms with Gasteiger partial charge in [-0.3, -0.25) is 9.59 Å². The standard InChI is InChI=1S/C27H31NO8/c1-16-12-21(30)25(27(32)28(16)11-10-17-6-8-19(29)9-7-17)20(15-24(31)35-4)18-13-22(33-2)26(36-5)23(14-18)34-3/h6-9,12-14,20,29-30H,10-11,15H2,1-5H3. The molecule has 0 fully saturated rings. The lowest BCUT2D eigenvalue weighted by atomic mass is 9.87. The van der Waals surface area contributed by atoms with Gasteiger partial charge in [-0.2, -0.15) is 0 Å². The van der Waals surface area contributed by atoms with Gasteiger partial charge in [0.2, 0.25) is 5.75 Å². The molecule has 0 amide bonds. The minimum atomic E-state index is -0.848. The van der Waals surface area contributed by atoms with E-state index in [9.17, 15) is 19.8 Å². The summed E-state index contributed by atoms with van der Waals surface area (Å²) in [7, 11) is 5.68. The highest BCUT2D eigenvalue weighted by Crippen LogP contribution is 2.43. The predicted molar refractivity (Wildman–Crippen MR) is 133 cm³/mol. The first-order valence-electron chi connectivity index (χ1n) is 11.3. The third-order valence-corrected chi connectivity index (χ3v) is 6.12. The highest BCUT2D eigenvalue weighted by Gasteiger charge is 2.29. The first-order valence-corrected chi connectivity index (χ1v) is 11.3. The molecule has 0 spiro atoms. The van der Waals surface area contributed by atoms with Crippen LogP contribution in [0.15, 0.2) is 47.3 Å². The molecule has 3 rings (SSSR count). The first-order chi connectivity index (χ1) is 17.2. The number of methoxy groups -OCH3 is 4. The van der Waals surface area contributed by atoms with Gasteiger partial charge in [0.25, 0.3) is 5.56 Å². The molecule has 9 heteroatoms. The SMILES string of the molecule is COC(=O)CC(c1cc(OC)c(OC)c(OC)c1)c1c(O)cc(C)n(CCc2ccc(O)cc2)c1=O. The van der Waals surface area contributed by atoms with Crippen LogP contribution in [-0.4, -0.2) is 49.2 Å². The van der Waals surface area contributed by atoms with Gasteiger partial charge in [-0.05, 0) is 54.8 Å². The maximum absolute atomic E-state index is 13.7. The van der Waals surface area contributed by atoms with E-state index in [0.717, 1.165) is 5.56 Å². The molecule has 1 atom stereocenters. The monoisotopic (exact) mass is 497 g/mol. The molecule has 0 saturated carbocycles. The second-order valence-corrected chi connectivity index (χ2v) is 8.25. The Hall–Kier alpha value is -4.14. The quantitative estimate of drug-likeness (QED) is 0.409. The Kier molecular flexibility index (Phi) is 8.47. The van der Waals surface area contributed by atoms with Gasteiger partial charge in [-0.1, -0.05) is 12.1 Å². The summed E-state index contributed by atoms with van der Waals surface area (Å²) >= 11 is 0. The third-order valence-electron chi connectivity index (χ3n) is 6.12. The number of carbonyl (C=O) groups is 1. The van der Waals surface area contributed by atoms with Gasteiger partial charge < -0.3 is 33.7 Å². The van der Waals surface area contributed by atoms with E-state index in [0.29, 0.717) is 41.5 Å². The number of aromatic nitrogens is 1. The molecule has 9 nitrogen and oxygen atoms in total. The molecule has 0 aliphatic rings. The summed E-state index contributed by atoms with van der Waals surface area (Å²) in [5.41, 5.74) is 1.65. The van der Waals surface area contributed by atoms with Crippen molar-refractivity contribution >= 4 is 5.97 Å². The fourth-order valence-corrected chi connectivity index (χ4v) is 4.22. The summed E-state index contributed by atoms with van der Waals surface area (Å²) in [6, 6.07) is 11.5.